The summed E-state index contributed by atoms with van der Waals surface area (Å²) in [5.74, 6) is 5.74. The first-order valence-corrected chi connectivity index (χ1v) is 7.01. The molecule has 0 aliphatic heterocycles. The summed E-state index contributed by atoms with van der Waals surface area (Å²) in [5.41, 5.74) is 2.77. The minimum Gasteiger partial charge on any atom is -0.323 e. The second kappa shape index (κ2) is 6.00. The van der Waals surface area contributed by atoms with E-state index < -0.39 is 10.0 Å². The maximum Gasteiger partial charge on any atom is 0.242 e. The maximum atomic E-state index is 12.0. The molecular weight excluding hydrogens is 238 g/mol. The number of nitrogens with one attached hydrogen (secondary N) is 2. The van der Waals surface area contributed by atoms with Crippen LogP contribution in [0.3, 0.4) is 0 Å². The van der Waals surface area contributed by atoms with Gasteiger partial charge in [-0.2, -0.15) is 0 Å². The molecule has 0 amide bonds. The largest absolute Gasteiger partial charge is 0.323 e. The summed E-state index contributed by atoms with van der Waals surface area (Å²) < 4.78 is 26.5. The monoisotopic (exact) mass is 257 g/mol. The molecule has 0 spiro atoms. The predicted octanol–water partition coefficient (Wildman–Crippen LogP) is 1.30. The summed E-state index contributed by atoms with van der Waals surface area (Å²) in [6.45, 7) is 4.52. The van der Waals surface area contributed by atoms with Gasteiger partial charge in [0.2, 0.25) is 10.0 Å². The summed E-state index contributed by atoms with van der Waals surface area (Å²) in [7, 11) is -3.49. The smallest absolute Gasteiger partial charge is 0.242 e. The molecule has 0 heterocycles. The van der Waals surface area contributed by atoms with E-state index in [-0.39, 0.29) is 4.90 Å². The highest BCUT2D eigenvalue weighted by Gasteiger charge is 2.17. The van der Waals surface area contributed by atoms with Gasteiger partial charge in [-0.25, -0.2) is 13.1 Å². The van der Waals surface area contributed by atoms with E-state index in [1.165, 1.54) is 6.07 Å². The quantitative estimate of drug-likeness (QED) is 0.530. The molecule has 17 heavy (non-hydrogen) atoms. The van der Waals surface area contributed by atoms with Gasteiger partial charge >= 0.3 is 0 Å². The van der Waals surface area contributed by atoms with Crippen molar-refractivity contribution in [3.63, 3.8) is 0 Å². The highest BCUT2D eigenvalue weighted by Crippen LogP contribution is 2.19. The number of rotatable bonds is 6. The van der Waals surface area contributed by atoms with Crippen LogP contribution in [0.2, 0.25) is 0 Å². The Balaban J connectivity index is 2.82. The van der Waals surface area contributed by atoms with Gasteiger partial charge in [0.05, 0.1) is 5.69 Å². The van der Waals surface area contributed by atoms with Gasteiger partial charge in [-0.3, -0.25) is 5.84 Å². The van der Waals surface area contributed by atoms with Crippen LogP contribution >= 0.6 is 0 Å². The zero-order valence-electron chi connectivity index (χ0n) is 10.1. The first-order chi connectivity index (χ1) is 7.97. The van der Waals surface area contributed by atoms with E-state index in [2.05, 4.69) is 10.1 Å². The molecule has 0 saturated heterocycles. The standard InChI is InChI=1S/C11H19N3O2S/c1-9(2)7-8-13-17(15,16)11-6-4-3-5-10(11)14-12/h3-6,9,13-14H,7-8,12H2,1-2H3. The molecule has 1 rings (SSSR count). The molecule has 0 atom stereocenters. The van der Waals surface area contributed by atoms with Gasteiger partial charge in [-0.15, -0.1) is 0 Å². The van der Waals surface area contributed by atoms with Crippen molar-refractivity contribution in [1.82, 2.24) is 4.72 Å². The van der Waals surface area contributed by atoms with Crippen molar-refractivity contribution in [1.29, 1.82) is 0 Å². The Morgan fingerprint density at radius 1 is 1.29 bits per heavy atom. The summed E-state index contributed by atoms with van der Waals surface area (Å²) in [6, 6.07) is 6.53. The molecule has 0 aliphatic carbocycles. The van der Waals surface area contributed by atoms with Crippen molar-refractivity contribution in [3.8, 4) is 0 Å². The Kier molecular flexibility index (Phi) is 4.92. The van der Waals surface area contributed by atoms with Crippen molar-refractivity contribution >= 4 is 15.7 Å². The van der Waals surface area contributed by atoms with E-state index in [0.717, 1.165) is 6.42 Å². The minimum absolute atomic E-state index is 0.172. The topological polar surface area (TPSA) is 84.2 Å². The Morgan fingerprint density at radius 2 is 1.94 bits per heavy atom. The molecule has 0 radical (unpaired) electrons. The second-order valence-electron chi connectivity index (χ2n) is 4.22. The highest BCUT2D eigenvalue weighted by atomic mass is 32.2. The van der Waals surface area contributed by atoms with Crippen LogP contribution in [-0.2, 0) is 10.0 Å². The van der Waals surface area contributed by atoms with Gasteiger partial charge in [0.1, 0.15) is 4.90 Å². The van der Waals surface area contributed by atoms with E-state index in [1.807, 2.05) is 13.8 Å². The molecule has 0 unspecified atom stereocenters. The second-order valence-corrected chi connectivity index (χ2v) is 5.96. The number of hydrazine groups is 1. The first kappa shape index (κ1) is 14.0. The van der Waals surface area contributed by atoms with Crippen molar-refractivity contribution < 1.29 is 8.42 Å². The van der Waals surface area contributed by atoms with Crippen molar-refractivity contribution in [3.05, 3.63) is 24.3 Å². The number of hydrogen-bond acceptors (Lipinski definition) is 4. The number of sulfonamides is 1. The van der Waals surface area contributed by atoms with Crippen LogP contribution in [0.25, 0.3) is 0 Å². The fraction of sp³-hybridized carbons (Fsp3) is 0.455. The molecule has 6 heteroatoms. The van der Waals surface area contributed by atoms with Gasteiger partial charge in [-0.1, -0.05) is 26.0 Å². The Hall–Kier alpha value is -1.11. The molecule has 1 aromatic carbocycles. The molecule has 0 saturated carbocycles. The van der Waals surface area contributed by atoms with Gasteiger partial charge in [-0.05, 0) is 24.5 Å². The third-order valence-electron chi connectivity index (χ3n) is 2.35. The Labute approximate surface area is 102 Å². The third-order valence-corrected chi connectivity index (χ3v) is 3.87. The van der Waals surface area contributed by atoms with Crippen molar-refractivity contribution in [2.45, 2.75) is 25.2 Å². The number of benzene rings is 1. The SMILES string of the molecule is CC(C)CCNS(=O)(=O)c1ccccc1NN. The number of anilines is 1. The number of nitrogens with two attached hydrogens (primary N) is 1. The lowest BCUT2D eigenvalue weighted by Gasteiger charge is -2.11. The maximum absolute atomic E-state index is 12.0. The lowest BCUT2D eigenvalue weighted by atomic mass is 10.1. The molecule has 4 N–H and O–H groups in total. The van der Waals surface area contributed by atoms with Crippen molar-refractivity contribution in [2.75, 3.05) is 12.0 Å². The molecule has 0 aromatic heterocycles. The molecule has 0 bridgehead atoms. The zero-order valence-corrected chi connectivity index (χ0v) is 10.9. The summed E-state index contributed by atoms with van der Waals surface area (Å²) in [5, 5.41) is 0. The molecule has 5 nitrogen and oxygen atoms in total. The number of hydrogen-bond donors (Lipinski definition) is 3. The minimum atomic E-state index is -3.49. The lowest BCUT2D eigenvalue weighted by molar-refractivity contribution is 0.552. The van der Waals surface area contributed by atoms with E-state index in [1.54, 1.807) is 18.2 Å². The van der Waals surface area contributed by atoms with Crippen molar-refractivity contribution in [2.24, 2.45) is 11.8 Å². The molecule has 96 valence electrons. The molecule has 0 aliphatic rings. The summed E-state index contributed by atoms with van der Waals surface area (Å²) in [4.78, 5) is 0.172. The fourth-order valence-corrected chi connectivity index (χ4v) is 2.60. The average Bonchev–Trinajstić information content (AvgIpc) is 2.28. The van der Waals surface area contributed by atoms with Crippen LogP contribution in [0.1, 0.15) is 20.3 Å². The van der Waals surface area contributed by atoms with E-state index >= 15 is 0 Å². The van der Waals surface area contributed by atoms with Crippen LogP contribution < -0.4 is 16.0 Å². The summed E-state index contributed by atoms with van der Waals surface area (Å²) >= 11 is 0. The number of para-hydroxylation sites is 1. The average molecular weight is 257 g/mol. The van der Waals surface area contributed by atoms with E-state index in [0.29, 0.717) is 18.2 Å². The van der Waals surface area contributed by atoms with Gasteiger partial charge in [0.25, 0.3) is 0 Å². The van der Waals surface area contributed by atoms with Gasteiger partial charge in [0, 0.05) is 6.54 Å². The van der Waals surface area contributed by atoms with Crippen LogP contribution in [0.4, 0.5) is 5.69 Å². The Bertz CT molecular complexity index is 458. The normalized spacial score (nSPS) is 11.8. The van der Waals surface area contributed by atoms with E-state index in [4.69, 9.17) is 5.84 Å². The highest BCUT2D eigenvalue weighted by molar-refractivity contribution is 7.89. The zero-order chi connectivity index (χ0) is 12.9. The van der Waals surface area contributed by atoms with Crippen LogP contribution in [-0.4, -0.2) is 15.0 Å². The summed E-state index contributed by atoms with van der Waals surface area (Å²) in [6.07, 6.45) is 0.803. The van der Waals surface area contributed by atoms with Crippen LogP contribution in [0.5, 0.6) is 0 Å². The Morgan fingerprint density at radius 3 is 2.53 bits per heavy atom. The third kappa shape index (κ3) is 3.99. The molecule has 1 aromatic rings. The van der Waals surface area contributed by atoms with Crippen LogP contribution in [0.15, 0.2) is 29.2 Å². The lowest BCUT2D eigenvalue weighted by Crippen LogP contribution is -2.27. The fourth-order valence-electron chi connectivity index (χ4n) is 1.38. The predicted molar refractivity (Wildman–Crippen MR) is 68.9 cm³/mol. The van der Waals surface area contributed by atoms with Crippen LogP contribution in [0, 0.1) is 5.92 Å². The molecule has 0 fully saturated rings. The molecular formula is C11H19N3O2S. The number of nitrogen functional groups attached to an aromatic ring is 1. The first-order valence-electron chi connectivity index (χ1n) is 5.52. The van der Waals surface area contributed by atoms with Gasteiger partial charge < -0.3 is 5.43 Å². The van der Waals surface area contributed by atoms with Gasteiger partial charge in [0.15, 0.2) is 0 Å². The van der Waals surface area contributed by atoms with E-state index in [9.17, 15) is 8.42 Å².